The Morgan fingerprint density at radius 2 is 2.00 bits per heavy atom. The summed E-state index contributed by atoms with van der Waals surface area (Å²) in [7, 11) is -0.819. The Morgan fingerprint density at radius 1 is 1.20 bits per heavy atom. The van der Waals surface area contributed by atoms with Gasteiger partial charge in [-0.2, -0.15) is 0 Å². The molecule has 1 aromatic heterocycles. The lowest BCUT2D eigenvalue weighted by molar-refractivity contribution is 0.581. The summed E-state index contributed by atoms with van der Waals surface area (Å²) in [5.74, 6) is 1.43. The summed E-state index contributed by atoms with van der Waals surface area (Å²) in [6, 6.07) is 7.86. The molecular weight excluding hydrogens is 266 g/mol. The van der Waals surface area contributed by atoms with Gasteiger partial charge in [0.15, 0.2) is 5.82 Å². The monoisotopic (exact) mass is 284 g/mol. The molecule has 4 nitrogen and oxygen atoms in total. The van der Waals surface area contributed by atoms with E-state index in [9.17, 15) is 0 Å². The van der Waals surface area contributed by atoms with Gasteiger partial charge in [0.25, 0.3) is 9.04 Å². The molecule has 5 heteroatoms. The van der Waals surface area contributed by atoms with E-state index in [1.807, 2.05) is 38.1 Å². The van der Waals surface area contributed by atoms with Gasteiger partial charge in [0.05, 0.1) is 6.21 Å². The van der Waals surface area contributed by atoms with Crippen LogP contribution >= 0.6 is 0 Å². The maximum atomic E-state index is 5.89. The van der Waals surface area contributed by atoms with E-state index in [-0.39, 0.29) is 0 Å². The first-order chi connectivity index (χ1) is 9.54. The highest BCUT2D eigenvalue weighted by atomic mass is 28.3. The molecule has 2 aromatic rings. The van der Waals surface area contributed by atoms with E-state index in [0.717, 1.165) is 22.7 Å². The Bertz CT molecular complexity index is 626. The second-order valence-electron chi connectivity index (χ2n) is 4.80. The second-order valence-corrected chi connectivity index (χ2v) is 6.82. The van der Waals surface area contributed by atoms with E-state index < -0.39 is 9.04 Å². The van der Waals surface area contributed by atoms with Crippen LogP contribution in [0.1, 0.15) is 17.1 Å². The van der Waals surface area contributed by atoms with Crippen molar-refractivity contribution in [3.8, 4) is 5.75 Å². The SMILES string of the molecule is Cc1ccc(N=Cc2nccc(C)n2)c(O[Si](C)C)c1. The fraction of sp³-hybridized carbons (Fsp3) is 0.267. The van der Waals surface area contributed by atoms with Crippen LogP contribution in [0, 0.1) is 13.8 Å². The molecule has 1 heterocycles. The molecular formula is C15H18N3OSi. The highest BCUT2D eigenvalue weighted by Gasteiger charge is 2.06. The van der Waals surface area contributed by atoms with Crippen molar-refractivity contribution in [2.24, 2.45) is 4.99 Å². The summed E-state index contributed by atoms with van der Waals surface area (Å²) < 4.78 is 5.89. The standard InChI is InChI=1S/C15H18N3OSi/c1-11-5-6-13(14(9-11)19-20(3)4)17-10-15-16-8-7-12(2)18-15/h5-10H,1-4H3. The molecule has 103 valence electrons. The van der Waals surface area contributed by atoms with Crippen molar-refractivity contribution in [3.05, 3.63) is 47.5 Å². The maximum Gasteiger partial charge on any atom is 0.274 e. The van der Waals surface area contributed by atoms with Crippen LogP contribution in [-0.2, 0) is 0 Å². The number of aliphatic imine (C=N–C) groups is 1. The Morgan fingerprint density at radius 3 is 2.70 bits per heavy atom. The van der Waals surface area contributed by atoms with Gasteiger partial charge in [0.2, 0.25) is 0 Å². The van der Waals surface area contributed by atoms with Crippen molar-refractivity contribution in [1.82, 2.24) is 9.97 Å². The van der Waals surface area contributed by atoms with Gasteiger partial charge in [0.1, 0.15) is 11.4 Å². The molecule has 0 saturated carbocycles. The summed E-state index contributed by atoms with van der Waals surface area (Å²) in [4.78, 5) is 12.9. The first kappa shape index (κ1) is 14.4. The molecule has 1 radical (unpaired) electrons. The lowest BCUT2D eigenvalue weighted by atomic mass is 10.2. The molecule has 0 unspecified atom stereocenters. The average Bonchev–Trinajstić information content (AvgIpc) is 2.37. The molecule has 0 aliphatic heterocycles. The first-order valence-corrected chi connectivity index (χ1v) is 8.88. The number of rotatable bonds is 4. The van der Waals surface area contributed by atoms with Crippen LogP contribution in [-0.4, -0.2) is 25.2 Å². The third-order valence-electron chi connectivity index (χ3n) is 2.56. The first-order valence-electron chi connectivity index (χ1n) is 6.47. The van der Waals surface area contributed by atoms with Crippen molar-refractivity contribution < 1.29 is 4.43 Å². The number of hydrogen-bond acceptors (Lipinski definition) is 4. The average molecular weight is 284 g/mol. The fourth-order valence-electron chi connectivity index (χ4n) is 1.69. The zero-order chi connectivity index (χ0) is 14.5. The molecule has 0 bridgehead atoms. The molecule has 0 fully saturated rings. The van der Waals surface area contributed by atoms with Gasteiger partial charge in [-0.3, -0.25) is 0 Å². The molecule has 0 N–H and O–H groups in total. The summed E-state index contributed by atoms with van der Waals surface area (Å²) in [6.07, 6.45) is 3.40. The minimum absolute atomic E-state index is 0.607. The minimum Gasteiger partial charge on any atom is -0.541 e. The van der Waals surface area contributed by atoms with E-state index in [1.54, 1.807) is 12.4 Å². The van der Waals surface area contributed by atoms with E-state index in [4.69, 9.17) is 4.43 Å². The van der Waals surface area contributed by atoms with E-state index in [2.05, 4.69) is 28.1 Å². The van der Waals surface area contributed by atoms with Gasteiger partial charge < -0.3 is 4.43 Å². The zero-order valence-electron chi connectivity index (χ0n) is 12.2. The topological polar surface area (TPSA) is 47.4 Å². The fourth-order valence-corrected chi connectivity index (χ4v) is 2.29. The molecule has 0 amide bonds. The number of hydrogen-bond donors (Lipinski definition) is 0. The number of aromatic nitrogens is 2. The highest BCUT2D eigenvalue weighted by molar-refractivity contribution is 6.49. The quantitative estimate of drug-likeness (QED) is 0.638. The predicted octanol–water partition coefficient (Wildman–Crippen LogP) is 3.47. The highest BCUT2D eigenvalue weighted by Crippen LogP contribution is 2.28. The van der Waals surface area contributed by atoms with Crippen molar-refractivity contribution in [3.63, 3.8) is 0 Å². The van der Waals surface area contributed by atoms with Crippen LogP contribution in [0.5, 0.6) is 5.75 Å². The second kappa shape index (κ2) is 6.43. The van der Waals surface area contributed by atoms with Crippen molar-refractivity contribution in [2.45, 2.75) is 26.9 Å². The van der Waals surface area contributed by atoms with Crippen LogP contribution in [0.15, 0.2) is 35.5 Å². The van der Waals surface area contributed by atoms with Crippen LogP contribution in [0.25, 0.3) is 0 Å². The molecule has 1 aromatic carbocycles. The molecule has 0 saturated heterocycles. The van der Waals surface area contributed by atoms with Gasteiger partial charge in [-0.1, -0.05) is 6.07 Å². The summed E-state index contributed by atoms with van der Waals surface area (Å²) in [5.41, 5.74) is 2.90. The number of benzene rings is 1. The Labute approximate surface area is 121 Å². The van der Waals surface area contributed by atoms with E-state index in [0.29, 0.717) is 5.82 Å². The summed E-state index contributed by atoms with van der Waals surface area (Å²) >= 11 is 0. The van der Waals surface area contributed by atoms with Gasteiger partial charge in [0, 0.05) is 11.9 Å². The van der Waals surface area contributed by atoms with Gasteiger partial charge in [-0.05, 0) is 50.7 Å². The number of nitrogens with zero attached hydrogens (tertiary/aromatic N) is 3. The van der Waals surface area contributed by atoms with Gasteiger partial charge >= 0.3 is 0 Å². The summed E-state index contributed by atoms with van der Waals surface area (Å²) in [5, 5.41) is 0. The molecule has 20 heavy (non-hydrogen) atoms. The Kier molecular flexibility index (Phi) is 4.63. The number of aryl methyl sites for hydroxylation is 2. The van der Waals surface area contributed by atoms with Crippen LogP contribution in [0.3, 0.4) is 0 Å². The van der Waals surface area contributed by atoms with E-state index >= 15 is 0 Å². The Hall–Kier alpha value is -2.01. The minimum atomic E-state index is -0.819. The van der Waals surface area contributed by atoms with Crippen LogP contribution in [0.2, 0.25) is 13.1 Å². The maximum absolute atomic E-state index is 5.89. The molecule has 2 rings (SSSR count). The third kappa shape index (κ3) is 3.99. The lowest BCUT2D eigenvalue weighted by Crippen LogP contribution is -2.11. The normalized spacial score (nSPS) is 11.2. The van der Waals surface area contributed by atoms with Crippen LogP contribution < -0.4 is 4.43 Å². The smallest absolute Gasteiger partial charge is 0.274 e. The zero-order valence-corrected chi connectivity index (χ0v) is 13.2. The summed E-state index contributed by atoms with van der Waals surface area (Å²) in [6.45, 7) is 8.18. The predicted molar refractivity (Wildman–Crippen MR) is 83.3 cm³/mol. The Balaban J connectivity index is 2.28. The molecule has 0 aliphatic carbocycles. The van der Waals surface area contributed by atoms with E-state index in [1.165, 1.54) is 0 Å². The van der Waals surface area contributed by atoms with Gasteiger partial charge in [-0.25, -0.2) is 15.0 Å². The lowest BCUT2D eigenvalue weighted by Gasteiger charge is -2.11. The van der Waals surface area contributed by atoms with Gasteiger partial charge in [-0.15, -0.1) is 0 Å². The molecule has 0 aliphatic rings. The largest absolute Gasteiger partial charge is 0.541 e. The van der Waals surface area contributed by atoms with Crippen molar-refractivity contribution >= 4 is 20.9 Å². The molecule has 0 spiro atoms. The van der Waals surface area contributed by atoms with Crippen LogP contribution in [0.4, 0.5) is 5.69 Å². The van der Waals surface area contributed by atoms with Crippen molar-refractivity contribution in [2.75, 3.05) is 0 Å². The third-order valence-corrected chi connectivity index (χ3v) is 3.19. The molecule has 0 atom stereocenters. The van der Waals surface area contributed by atoms with Crippen molar-refractivity contribution in [1.29, 1.82) is 0 Å².